The summed E-state index contributed by atoms with van der Waals surface area (Å²) in [5.41, 5.74) is 13.8. The van der Waals surface area contributed by atoms with Crippen LogP contribution in [0.1, 0.15) is 103 Å². The van der Waals surface area contributed by atoms with E-state index in [1.807, 2.05) is 81.7 Å². The standard InChI is InChI=1S/C54H69N9O6S/c1-35-49(70-34-57-35)37-22-20-36(21-23-37)30-56-52(67)46-28-41(64)33-62(46)53(68)50(54(2,3)4)58-48(66)19-10-8-6-5-7-9-13-26-69-42-16-14-15-38(27-42)63-39-24-25-40(63)32-61(31-39)45-29-44(59-60-51(45)55)43-17-11-12-18-47(43)65/h11-12,14-18,20-23,27,29,34,39-41,46,50,64-65H,5-10,13,19,24-26,28,30-33H2,1-4H3,(H2,55,60)(H,56,67)(H,58,66)/t39?,40?,41-,46+,50+/m1/s1. The van der Waals surface area contributed by atoms with Gasteiger partial charge in [-0.2, -0.15) is 0 Å². The first kappa shape index (κ1) is 50.1. The van der Waals surface area contributed by atoms with Crippen LogP contribution < -0.4 is 30.9 Å². The zero-order valence-corrected chi connectivity index (χ0v) is 41.8. The highest BCUT2D eigenvalue weighted by Gasteiger charge is 2.45. The molecule has 3 fully saturated rings. The first-order chi connectivity index (χ1) is 33.7. The van der Waals surface area contributed by atoms with Crippen LogP contribution in [0.5, 0.6) is 11.5 Å². The molecule has 15 nitrogen and oxygen atoms in total. The fraction of sp³-hybridized carbons (Fsp3) is 0.481. The average molecular weight is 972 g/mol. The second kappa shape index (κ2) is 22.7. The Morgan fingerprint density at radius 1 is 0.886 bits per heavy atom. The van der Waals surface area contributed by atoms with E-state index < -0.39 is 23.6 Å². The van der Waals surface area contributed by atoms with Crippen molar-refractivity contribution in [3.8, 4) is 33.2 Å². The number of hydrogen-bond acceptors (Lipinski definition) is 13. The van der Waals surface area contributed by atoms with Crippen molar-refractivity contribution in [2.45, 2.75) is 135 Å². The lowest BCUT2D eigenvalue weighted by atomic mass is 9.85. The number of hydrogen-bond donors (Lipinski definition) is 5. The first-order valence-electron chi connectivity index (χ1n) is 25.0. The van der Waals surface area contributed by atoms with Gasteiger partial charge in [0.15, 0.2) is 5.82 Å². The van der Waals surface area contributed by atoms with Crippen molar-refractivity contribution < 1.29 is 29.3 Å². The number of β-amino-alcohol motifs (C(OH)–C–C–N with tert-alkyl or cyclic N) is 1. The van der Waals surface area contributed by atoms with Crippen LogP contribution in [-0.2, 0) is 20.9 Å². The van der Waals surface area contributed by atoms with Gasteiger partial charge in [0.05, 0.1) is 40.2 Å². The Balaban J connectivity index is 0.718. The summed E-state index contributed by atoms with van der Waals surface area (Å²) in [6.07, 6.45) is 8.65. The number of ether oxygens (including phenoxy) is 1. The van der Waals surface area contributed by atoms with Crippen LogP contribution >= 0.6 is 11.3 Å². The number of anilines is 3. The van der Waals surface area contributed by atoms with E-state index in [0.717, 1.165) is 104 Å². The Bertz CT molecular complexity index is 2570. The minimum absolute atomic E-state index is 0.0379. The third-order valence-corrected chi connectivity index (χ3v) is 14.9. The number of nitrogens with zero attached hydrogens (tertiary/aromatic N) is 6. The maximum Gasteiger partial charge on any atom is 0.246 e. The molecule has 3 aliphatic heterocycles. The molecule has 0 spiro atoms. The molecular weight excluding hydrogens is 903 g/mol. The number of nitrogen functional groups attached to an aromatic ring is 1. The fourth-order valence-electron chi connectivity index (χ4n) is 10.2. The molecule has 0 radical (unpaired) electrons. The molecular formula is C54H69N9O6S. The van der Waals surface area contributed by atoms with Gasteiger partial charge in [0.2, 0.25) is 17.7 Å². The lowest BCUT2D eigenvalue weighted by Crippen LogP contribution is -2.57. The van der Waals surface area contributed by atoms with E-state index in [4.69, 9.17) is 10.5 Å². The number of para-hydroxylation sites is 1. The Hall–Kier alpha value is -6.26. The van der Waals surface area contributed by atoms with Crippen molar-refractivity contribution in [2.24, 2.45) is 5.41 Å². The molecule has 2 bridgehead atoms. The van der Waals surface area contributed by atoms with Crippen molar-refractivity contribution >= 4 is 46.3 Å². The van der Waals surface area contributed by atoms with E-state index >= 15 is 0 Å². The molecule has 372 valence electrons. The Morgan fingerprint density at radius 3 is 2.30 bits per heavy atom. The number of aromatic nitrogens is 3. The monoisotopic (exact) mass is 972 g/mol. The molecule has 16 heteroatoms. The van der Waals surface area contributed by atoms with Crippen LogP contribution in [0.15, 0.2) is 84.4 Å². The summed E-state index contributed by atoms with van der Waals surface area (Å²) in [4.78, 5) is 52.5. The molecule has 3 saturated heterocycles. The van der Waals surface area contributed by atoms with Gasteiger partial charge in [0.25, 0.3) is 0 Å². The summed E-state index contributed by atoms with van der Waals surface area (Å²) in [6, 6.07) is 24.4. The van der Waals surface area contributed by atoms with Crippen LogP contribution in [0, 0.1) is 12.3 Å². The number of nitrogens with two attached hydrogens (primary N) is 1. The van der Waals surface area contributed by atoms with Gasteiger partial charge in [0, 0.05) is 68.4 Å². The highest BCUT2D eigenvalue weighted by Crippen LogP contribution is 2.40. The number of thiazole rings is 1. The van der Waals surface area contributed by atoms with Crippen LogP contribution in [-0.4, -0.2) is 105 Å². The SMILES string of the molecule is Cc1ncsc1-c1ccc(CNC(=O)[C@@H]2C[C@@H](O)CN2C(=O)[C@H](NC(=O)CCCCCCCCCOc2cccc(N3C4CCC3CN(c3cc(-c5ccccc5O)nnc3N)C4)c2)C(C)(C)C)cc1. The first-order valence-corrected chi connectivity index (χ1v) is 25.8. The number of aliphatic hydroxyl groups is 1. The summed E-state index contributed by atoms with van der Waals surface area (Å²) < 4.78 is 6.25. The summed E-state index contributed by atoms with van der Waals surface area (Å²) in [5.74, 6) is 0.563. The largest absolute Gasteiger partial charge is 0.507 e. The second-order valence-electron chi connectivity index (χ2n) is 20.2. The number of aromatic hydroxyl groups is 1. The fourth-order valence-corrected chi connectivity index (χ4v) is 11.0. The average Bonchev–Trinajstić information content (AvgIpc) is 4.04. The Morgan fingerprint density at radius 2 is 1.60 bits per heavy atom. The number of unbranched alkanes of at least 4 members (excludes halogenated alkanes) is 6. The highest BCUT2D eigenvalue weighted by molar-refractivity contribution is 7.13. The molecule has 3 aromatic carbocycles. The van der Waals surface area contributed by atoms with Gasteiger partial charge in [-0.1, -0.05) is 95.3 Å². The number of phenolic OH excluding ortho intramolecular Hbond substituents is 1. The van der Waals surface area contributed by atoms with E-state index in [2.05, 4.69) is 53.8 Å². The molecule has 5 aromatic rings. The lowest BCUT2D eigenvalue weighted by molar-refractivity contribution is -0.144. The molecule has 6 N–H and O–H groups in total. The molecule has 5 heterocycles. The quantitative estimate of drug-likeness (QED) is 0.0472. The summed E-state index contributed by atoms with van der Waals surface area (Å²) in [5, 5.41) is 35.5. The Kier molecular flexibility index (Phi) is 16.2. The number of amides is 3. The molecule has 2 aromatic heterocycles. The number of rotatable bonds is 20. The number of aliphatic hydroxyl groups excluding tert-OH is 1. The summed E-state index contributed by atoms with van der Waals surface area (Å²) in [6.45, 7) is 10.3. The number of phenols is 1. The predicted molar refractivity (Wildman–Crippen MR) is 276 cm³/mol. The molecule has 0 saturated carbocycles. The zero-order valence-electron chi connectivity index (χ0n) is 41.0. The van der Waals surface area contributed by atoms with Gasteiger partial charge in [-0.3, -0.25) is 14.4 Å². The molecule has 8 rings (SSSR count). The van der Waals surface area contributed by atoms with Crippen LogP contribution in [0.2, 0.25) is 0 Å². The van der Waals surface area contributed by atoms with Crippen LogP contribution in [0.25, 0.3) is 21.7 Å². The number of benzene rings is 3. The van der Waals surface area contributed by atoms with E-state index in [1.165, 1.54) is 10.6 Å². The number of nitrogens with one attached hydrogen (secondary N) is 2. The minimum atomic E-state index is -0.844. The number of carbonyl (C=O) groups is 3. The van der Waals surface area contributed by atoms with Crippen LogP contribution in [0.3, 0.4) is 0 Å². The van der Waals surface area contributed by atoms with E-state index in [1.54, 1.807) is 23.5 Å². The normalized spacial score (nSPS) is 19.3. The van der Waals surface area contributed by atoms with E-state index in [9.17, 15) is 24.6 Å². The number of aryl methyl sites for hydroxylation is 1. The smallest absolute Gasteiger partial charge is 0.246 e. The minimum Gasteiger partial charge on any atom is -0.507 e. The van der Waals surface area contributed by atoms with Crippen LogP contribution in [0.4, 0.5) is 17.2 Å². The van der Waals surface area contributed by atoms with Gasteiger partial charge in [-0.15, -0.1) is 21.5 Å². The molecule has 70 heavy (non-hydrogen) atoms. The maximum absolute atomic E-state index is 14.0. The van der Waals surface area contributed by atoms with Gasteiger partial charge in [0.1, 0.15) is 23.6 Å². The third-order valence-electron chi connectivity index (χ3n) is 13.9. The van der Waals surface area contributed by atoms with Crippen molar-refractivity contribution in [3.05, 3.63) is 95.6 Å². The summed E-state index contributed by atoms with van der Waals surface area (Å²) in [7, 11) is 0. The lowest BCUT2D eigenvalue weighted by Gasteiger charge is -2.43. The third kappa shape index (κ3) is 12.2. The summed E-state index contributed by atoms with van der Waals surface area (Å²) >= 11 is 1.59. The number of fused-ring (bicyclic) bond motifs is 2. The number of carbonyl (C=O) groups excluding carboxylic acids is 3. The second-order valence-corrected chi connectivity index (χ2v) is 21.1. The molecule has 3 amide bonds. The van der Waals surface area contributed by atoms with Gasteiger partial charge in [-0.25, -0.2) is 4.98 Å². The number of piperazine rings is 1. The molecule has 3 aliphatic rings. The predicted octanol–water partition coefficient (Wildman–Crippen LogP) is 8.03. The van der Waals surface area contributed by atoms with E-state index in [-0.39, 0.29) is 43.0 Å². The number of likely N-dealkylation sites (tertiary alicyclic amines) is 1. The Labute approximate surface area is 415 Å². The van der Waals surface area contributed by atoms with Gasteiger partial charge >= 0.3 is 0 Å². The molecule has 0 aliphatic carbocycles. The molecule has 5 atom stereocenters. The van der Waals surface area contributed by atoms with Crippen molar-refractivity contribution in [2.75, 3.05) is 41.8 Å². The van der Waals surface area contributed by atoms with E-state index in [0.29, 0.717) is 42.2 Å². The van der Waals surface area contributed by atoms with Crippen molar-refractivity contribution in [3.63, 3.8) is 0 Å². The molecule has 2 unspecified atom stereocenters. The zero-order chi connectivity index (χ0) is 49.4. The topological polar surface area (TPSA) is 199 Å². The maximum atomic E-state index is 14.0. The van der Waals surface area contributed by atoms with Gasteiger partial charge < -0.3 is 46.0 Å². The highest BCUT2D eigenvalue weighted by atomic mass is 32.1. The van der Waals surface area contributed by atoms with Crippen molar-refractivity contribution in [1.29, 1.82) is 0 Å². The van der Waals surface area contributed by atoms with Gasteiger partial charge in [-0.05, 0) is 79.5 Å². The van der Waals surface area contributed by atoms with Crippen molar-refractivity contribution in [1.82, 2.24) is 30.7 Å².